The molecule has 0 saturated carbocycles. The van der Waals surface area contributed by atoms with Gasteiger partial charge in [-0.25, -0.2) is 0 Å². The van der Waals surface area contributed by atoms with Crippen molar-refractivity contribution in [1.29, 1.82) is 0 Å². The second-order valence-electron chi connectivity index (χ2n) is 8.85. The van der Waals surface area contributed by atoms with Crippen LogP contribution in [0.2, 0.25) is 10.0 Å². The zero-order chi connectivity index (χ0) is 28.0. The summed E-state index contributed by atoms with van der Waals surface area (Å²) in [6.07, 6.45) is 0. The molecule has 0 spiro atoms. The van der Waals surface area contributed by atoms with Crippen LogP contribution in [0.5, 0.6) is 17.2 Å². The summed E-state index contributed by atoms with van der Waals surface area (Å²) < 4.78 is 22.1. The molecule has 1 aliphatic rings. The number of anilines is 1. The minimum absolute atomic E-state index is 0.102. The van der Waals surface area contributed by atoms with E-state index in [-0.39, 0.29) is 11.3 Å². The normalized spacial score (nSPS) is 15.3. The Hall–Kier alpha value is -4.14. The molecule has 0 fully saturated rings. The van der Waals surface area contributed by atoms with E-state index in [0.717, 1.165) is 0 Å². The summed E-state index contributed by atoms with van der Waals surface area (Å²) in [5.74, 6) is -1.08. The van der Waals surface area contributed by atoms with Crippen molar-refractivity contribution in [1.82, 2.24) is 0 Å². The summed E-state index contributed by atoms with van der Waals surface area (Å²) in [7, 11) is 4.44. The van der Waals surface area contributed by atoms with Crippen LogP contribution in [-0.2, 0) is 4.79 Å². The maximum Gasteiger partial charge on any atom is 0.294 e. The van der Waals surface area contributed by atoms with Gasteiger partial charge in [0.2, 0.25) is 5.78 Å². The van der Waals surface area contributed by atoms with Gasteiger partial charge in [0, 0.05) is 27.2 Å². The number of ether oxygens (including phenoxy) is 3. The van der Waals surface area contributed by atoms with Gasteiger partial charge in [-0.3, -0.25) is 14.5 Å². The van der Waals surface area contributed by atoms with Crippen LogP contribution in [0.4, 0.5) is 5.69 Å². The molecule has 0 saturated heterocycles. The molecule has 1 amide bonds. The number of halogens is 2. The lowest BCUT2D eigenvalue weighted by atomic mass is 9.94. The topological polar surface area (TPSA) is 98.4 Å². The van der Waals surface area contributed by atoms with Crippen molar-refractivity contribution >= 4 is 51.5 Å². The lowest BCUT2D eigenvalue weighted by Gasteiger charge is -2.28. The average Bonchev–Trinajstić information content (AvgIpc) is 3.47. The van der Waals surface area contributed by atoms with Gasteiger partial charge in [-0.05, 0) is 54.4 Å². The highest BCUT2D eigenvalue weighted by Gasteiger charge is 2.46. The number of nitrogens with zero attached hydrogens (tertiary/aromatic N) is 1. The van der Waals surface area contributed by atoms with Gasteiger partial charge in [-0.1, -0.05) is 35.3 Å². The van der Waals surface area contributed by atoms with Gasteiger partial charge < -0.3 is 23.7 Å². The fourth-order valence-electron chi connectivity index (χ4n) is 4.75. The summed E-state index contributed by atoms with van der Waals surface area (Å²) in [4.78, 5) is 28.9. The number of benzene rings is 3. The lowest BCUT2D eigenvalue weighted by Crippen LogP contribution is -2.31. The van der Waals surface area contributed by atoms with Crippen LogP contribution in [0, 0.1) is 6.92 Å². The maximum absolute atomic E-state index is 14.0. The first kappa shape index (κ1) is 26.5. The van der Waals surface area contributed by atoms with Gasteiger partial charge in [0.1, 0.15) is 0 Å². The molecular weight excluding hydrogens is 545 g/mol. The zero-order valence-electron chi connectivity index (χ0n) is 21.4. The number of carbonyl (C=O) groups is 2. The molecule has 1 aromatic heterocycles. The van der Waals surface area contributed by atoms with E-state index < -0.39 is 23.5 Å². The molecule has 1 N–H and O–H groups in total. The van der Waals surface area contributed by atoms with Crippen molar-refractivity contribution in [3.05, 3.63) is 92.9 Å². The number of hydrogen-bond donors (Lipinski definition) is 1. The number of carbonyl (C=O) groups excluding carboxylic acids is 2. The first-order chi connectivity index (χ1) is 18.7. The van der Waals surface area contributed by atoms with Crippen molar-refractivity contribution < 1.29 is 33.3 Å². The Morgan fingerprint density at radius 2 is 1.62 bits per heavy atom. The molecule has 1 aliphatic heterocycles. The van der Waals surface area contributed by atoms with E-state index in [1.54, 1.807) is 55.5 Å². The smallest absolute Gasteiger partial charge is 0.294 e. The Labute approximate surface area is 233 Å². The number of ketones is 1. The van der Waals surface area contributed by atoms with Gasteiger partial charge in [-0.2, -0.15) is 0 Å². The molecule has 2 heterocycles. The highest BCUT2D eigenvalue weighted by molar-refractivity contribution is 6.32. The third-order valence-electron chi connectivity index (χ3n) is 6.60. The fourth-order valence-corrected chi connectivity index (χ4v) is 5.13. The largest absolute Gasteiger partial charge is 0.503 e. The van der Waals surface area contributed by atoms with E-state index in [9.17, 15) is 14.7 Å². The van der Waals surface area contributed by atoms with Crippen LogP contribution >= 0.6 is 23.2 Å². The Bertz CT molecular complexity index is 1670. The molecule has 0 radical (unpaired) electrons. The van der Waals surface area contributed by atoms with Crippen molar-refractivity contribution in [2.24, 2.45) is 0 Å². The summed E-state index contributed by atoms with van der Waals surface area (Å²) >= 11 is 12.5. The van der Waals surface area contributed by atoms with E-state index in [4.69, 9.17) is 41.8 Å². The number of furan rings is 1. The molecule has 200 valence electrons. The Morgan fingerprint density at radius 3 is 2.31 bits per heavy atom. The molecule has 0 aliphatic carbocycles. The number of amides is 1. The third kappa shape index (κ3) is 4.45. The zero-order valence-corrected chi connectivity index (χ0v) is 22.9. The minimum atomic E-state index is -1.04. The first-order valence-electron chi connectivity index (χ1n) is 11.7. The van der Waals surface area contributed by atoms with Gasteiger partial charge >= 0.3 is 0 Å². The van der Waals surface area contributed by atoms with Crippen LogP contribution in [0.25, 0.3) is 11.0 Å². The van der Waals surface area contributed by atoms with Crippen LogP contribution in [-0.4, -0.2) is 38.1 Å². The number of aliphatic hydroxyl groups excluding tert-OH is 1. The number of aryl methyl sites for hydroxylation is 1. The van der Waals surface area contributed by atoms with E-state index in [2.05, 4.69) is 0 Å². The Balaban J connectivity index is 1.71. The SMILES string of the molecule is COc1ccc(C2C(C(=O)c3cc4cc(Cl)cc(OC)c4o3)=C(O)C(=O)N2c2cc(Cl)ccc2C)cc1OC. The molecule has 3 aromatic carbocycles. The van der Waals surface area contributed by atoms with Crippen molar-refractivity contribution in [2.75, 3.05) is 26.2 Å². The van der Waals surface area contributed by atoms with E-state index in [1.807, 2.05) is 0 Å². The molecule has 39 heavy (non-hydrogen) atoms. The lowest BCUT2D eigenvalue weighted by molar-refractivity contribution is -0.117. The van der Waals surface area contributed by atoms with Crippen LogP contribution < -0.4 is 19.1 Å². The van der Waals surface area contributed by atoms with Crippen LogP contribution in [0.3, 0.4) is 0 Å². The molecule has 1 atom stereocenters. The maximum atomic E-state index is 14.0. The van der Waals surface area contributed by atoms with Crippen LogP contribution in [0.15, 0.2) is 70.3 Å². The number of methoxy groups -OCH3 is 3. The van der Waals surface area contributed by atoms with Gasteiger partial charge in [0.25, 0.3) is 5.91 Å². The molecule has 4 aromatic rings. The van der Waals surface area contributed by atoms with Crippen LogP contribution in [0.1, 0.15) is 27.7 Å². The highest BCUT2D eigenvalue weighted by atomic mass is 35.5. The van der Waals surface area contributed by atoms with Crippen molar-refractivity contribution in [3.8, 4) is 17.2 Å². The van der Waals surface area contributed by atoms with E-state index >= 15 is 0 Å². The fraction of sp³-hybridized carbons (Fsp3) is 0.172. The molecule has 0 bridgehead atoms. The third-order valence-corrected chi connectivity index (χ3v) is 7.05. The number of rotatable bonds is 7. The first-order valence-corrected chi connectivity index (χ1v) is 12.5. The summed E-state index contributed by atoms with van der Waals surface area (Å²) in [5.41, 5.74) is 1.77. The minimum Gasteiger partial charge on any atom is -0.503 e. The van der Waals surface area contributed by atoms with Gasteiger partial charge in [-0.15, -0.1) is 0 Å². The molecule has 5 rings (SSSR count). The van der Waals surface area contributed by atoms with Crippen molar-refractivity contribution in [3.63, 3.8) is 0 Å². The predicted octanol–water partition coefficient (Wildman–Crippen LogP) is 6.86. The number of hydrogen-bond acceptors (Lipinski definition) is 7. The van der Waals surface area contributed by atoms with E-state index in [0.29, 0.717) is 55.1 Å². The van der Waals surface area contributed by atoms with Gasteiger partial charge in [0.15, 0.2) is 34.4 Å². The molecular formula is C29H23Cl2NO7. The summed E-state index contributed by atoms with van der Waals surface area (Å²) in [6, 6.07) is 13.7. The summed E-state index contributed by atoms with van der Waals surface area (Å²) in [6.45, 7) is 1.80. The van der Waals surface area contributed by atoms with Crippen molar-refractivity contribution in [2.45, 2.75) is 13.0 Å². The Morgan fingerprint density at radius 1 is 0.897 bits per heavy atom. The monoisotopic (exact) mass is 567 g/mol. The predicted molar refractivity (Wildman–Crippen MR) is 148 cm³/mol. The molecule has 8 nitrogen and oxygen atoms in total. The standard InChI is InChI=1S/C29H23Cl2NO7/c1-14-5-7-17(30)12-19(14)32-25(15-6-8-20(36-2)21(10-15)37-3)24(27(34)29(32)35)26(33)22-11-16-9-18(31)13-23(38-4)28(16)39-22/h5-13,25,34H,1-4H3. The highest BCUT2D eigenvalue weighted by Crippen LogP contribution is 2.46. The molecule has 10 heteroatoms. The van der Waals surface area contributed by atoms with E-state index in [1.165, 1.54) is 32.3 Å². The number of aliphatic hydroxyl groups is 1. The average molecular weight is 568 g/mol. The summed E-state index contributed by atoms with van der Waals surface area (Å²) in [5, 5.41) is 12.5. The second-order valence-corrected chi connectivity index (χ2v) is 9.72. The second kappa shape index (κ2) is 10.2. The quantitative estimate of drug-likeness (QED) is 0.243. The Kier molecular flexibility index (Phi) is 6.92. The number of fused-ring (bicyclic) bond motifs is 1. The van der Waals surface area contributed by atoms with Gasteiger partial charge in [0.05, 0.1) is 32.9 Å². The number of Topliss-reactive ketones (excluding diaryl/α,β-unsaturated/α-hetero) is 1. The molecule has 1 unspecified atom stereocenters.